The van der Waals surface area contributed by atoms with Gasteiger partial charge in [-0.05, 0) is 31.0 Å². The maximum atomic E-state index is 12.6. The highest BCUT2D eigenvalue weighted by Crippen LogP contribution is 2.30. The van der Waals surface area contributed by atoms with Crippen LogP contribution < -0.4 is 10.6 Å². The summed E-state index contributed by atoms with van der Waals surface area (Å²) in [6.07, 6.45) is 2.12. The molecule has 0 aliphatic carbocycles. The van der Waals surface area contributed by atoms with E-state index in [2.05, 4.69) is 15.6 Å². The lowest BCUT2D eigenvalue weighted by atomic mass is 10.1. The Labute approximate surface area is 189 Å². The van der Waals surface area contributed by atoms with Gasteiger partial charge in [-0.1, -0.05) is 41.9 Å². The average molecular weight is 456 g/mol. The summed E-state index contributed by atoms with van der Waals surface area (Å²) in [5.41, 5.74) is 2.38. The molecule has 6 nitrogen and oxygen atoms in total. The standard InChI is InChI=1S/C23H22ClN3O3S/c24-19-9-3-1-7-17(19)23-26-15(14-31-23)12-21(28)27-20-10-4-2-8-18(20)22(29)25-13-16-6-5-11-30-16/h1-4,7-10,14,16H,5-6,11-13H2,(H,25,29)(H,27,28). The zero-order valence-electron chi connectivity index (χ0n) is 16.8. The van der Waals surface area contributed by atoms with Crippen LogP contribution in [0.3, 0.4) is 0 Å². The van der Waals surface area contributed by atoms with Crippen LogP contribution in [0.1, 0.15) is 28.9 Å². The van der Waals surface area contributed by atoms with Crippen LogP contribution in [0, 0.1) is 0 Å². The Morgan fingerprint density at radius 1 is 1.16 bits per heavy atom. The molecule has 8 heteroatoms. The van der Waals surface area contributed by atoms with Gasteiger partial charge in [-0.3, -0.25) is 9.59 Å². The summed E-state index contributed by atoms with van der Waals surface area (Å²) in [4.78, 5) is 29.8. The number of nitrogens with one attached hydrogen (secondary N) is 2. The second-order valence-corrected chi connectivity index (χ2v) is 8.50. The number of anilines is 1. The van der Waals surface area contributed by atoms with Gasteiger partial charge in [-0.2, -0.15) is 0 Å². The smallest absolute Gasteiger partial charge is 0.253 e. The largest absolute Gasteiger partial charge is 0.376 e. The van der Waals surface area contributed by atoms with Crippen molar-refractivity contribution in [1.29, 1.82) is 0 Å². The Hall–Kier alpha value is -2.74. The van der Waals surface area contributed by atoms with Gasteiger partial charge in [0.15, 0.2) is 0 Å². The third-order valence-electron chi connectivity index (χ3n) is 4.96. The van der Waals surface area contributed by atoms with E-state index in [1.54, 1.807) is 24.3 Å². The molecule has 1 aliphatic rings. The first-order valence-corrected chi connectivity index (χ1v) is 11.3. The number of carbonyl (C=O) groups is 2. The Kier molecular flexibility index (Phi) is 6.96. The van der Waals surface area contributed by atoms with Crippen LogP contribution in [-0.4, -0.2) is 36.1 Å². The summed E-state index contributed by atoms with van der Waals surface area (Å²) in [6, 6.07) is 14.4. The number of ether oxygens (including phenoxy) is 1. The maximum Gasteiger partial charge on any atom is 0.253 e. The van der Waals surface area contributed by atoms with Gasteiger partial charge in [-0.25, -0.2) is 4.98 Å². The van der Waals surface area contributed by atoms with Gasteiger partial charge in [0.2, 0.25) is 5.91 Å². The number of hydrogen-bond donors (Lipinski definition) is 2. The molecule has 31 heavy (non-hydrogen) atoms. The summed E-state index contributed by atoms with van der Waals surface area (Å²) in [7, 11) is 0. The van der Waals surface area contributed by atoms with Crippen LogP contribution >= 0.6 is 22.9 Å². The van der Waals surface area contributed by atoms with Crippen molar-refractivity contribution in [3.63, 3.8) is 0 Å². The SMILES string of the molecule is O=C(Cc1csc(-c2ccccc2Cl)n1)Nc1ccccc1C(=O)NCC1CCCO1. The molecule has 3 aromatic rings. The number of nitrogens with zero attached hydrogens (tertiary/aromatic N) is 1. The van der Waals surface area contributed by atoms with E-state index in [4.69, 9.17) is 16.3 Å². The minimum Gasteiger partial charge on any atom is -0.376 e. The fraction of sp³-hybridized carbons (Fsp3) is 0.261. The number of para-hydroxylation sites is 1. The molecule has 1 aliphatic heterocycles. The van der Waals surface area contributed by atoms with E-state index in [0.717, 1.165) is 30.0 Å². The van der Waals surface area contributed by atoms with Crippen molar-refractivity contribution in [3.8, 4) is 10.6 Å². The van der Waals surface area contributed by atoms with Crippen LogP contribution in [0.25, 0.3) is 10.6 Å². The highest BCUT2D eigenvalue weighted by molar-refractivity contribution is 7.13. The lowest BCUT2D eigenvalue weighted by molar-refractivity contribution is -0.115. The molecular formula is C23H22ClN3O3S. The predicted molar refractivity (Wildman–Crippen MR) is 123 cm³/mol. The first-order chi connectivity index (χ1) is 15.1. The molecule has 2 heterocycles. The van der Waals surface area contributed by atoms with Gasteiger partial charge in [0, 0.05) is 24.1 Å². The zero-order chi connectivity index (χ0) is 21.6. The number of aromatic nitrogens is 1. The number of thiazole rings is 1. The van der Waals surface area contributed by atoms with E-state index < -0.39 is 0 Å². The van der Waals surface area contributed by atoms with Crippen LogP contribution in [0.2, 0.25) is 5.02 Å². The number of halogens is 1. The van der Waals surface area contributed by atoms with Crippen molar-refractivity contribution >= 4 is 40.4 Å². The molecule has 160 valence electrons. The number of carbonyl (C=O) groups excluding carboxylic acids is 2. The summed E-state index contributed by atoms with van der Waals surface area (Å²) in [6.45, 7) is 1.20. The number of rotatable bonds is 7. The topological polar surface area (TPSA) is 80.3 Å². The van der Waals surface area contributed by atoms with Gasteiger partial charge in [-0.15, -0.1) is 11.3 Å². The van der Waals surface area contributed by atoms with Crippen LogP contribution in [-0.2, 0) is 16.0 Å². The Morgan fingerprint density at radius 2 is 1.97 bits per heavy atom. The third kappa shape index (κ3) is 5.50. The number of amides is 2. The van der Waals surface area contributed by atoms with E-state index >= 15 is 0 Å². The molecule has 1 saturated heterocycles. The molecule has 1 aromatic heterocycles. The fourth-order valence-electron chi connectivity index (χ4n) is 3.40. The second kappa shape index (κ2) is 10.0. The molecule has 2 aromatic carbocycles. The lowest BCUT2D eigenvalue weighted by Crippen LogP contribution is -2.32. The molecule has 0 spiro atoms. The number of benzene rings is 2. The van der Waals surface area contributed by atoms with E-state index in [1.807, 2.05) is 29.6 Å². The van der Waals surface area contributed by atoms with Gasteiger partial charge in [0.25, 0.3) is 5.91 Å². The zero-order valence-corrected chi connectivity index (χ0v) is 18.3. The highest BCUT2D eigenvalue weighted by Gasteiger charge is 2.19. The molecule has 2 amide bonds. The quantitative estimate of drug-likeness (QED) is 0.547. The average Bonchev–Trinajstić information content (AvgIpc) is 3.45. The van der Waals surface area contributed by atoms with Crippen molar-refractivity contribution in [2.45, 2.75) is 25.4 Å². The molecule has 1 unspecified atom stereocenters. The van der Waals surface area contributed by atoms with Gasteiger partial charge in [0.05, 0.1) is 34.5 Å². The minimum absolute atomic E-state index is 0.0580. The fourth-order valence-corrected chi connectivity index (χ4v) is 4.54. The molecule has 1 atom stereocenters. The van der Waals surface area contributed by atoms with Gasteiger partial charge in [0.1, 0.15) is 5.01 Å². The predicted octanol–water partition coefficient (Wildman–Crippen LogP) is 4.55. The first-order valence-electron chi connectivity index (χ1n) is 10.1. The molecule has 1 fully saturated rings. The van der Waals surface area contributed by atoms with Crippen LogP contribution in [0.5, 0.6) is 0 Å². The summed E-state index contributed by atoms with van der Waals surface area (Å²) in [5.74, 6) is -0.476. The number of hydrogen-bond acceptors (Lipinski definition) is 5. The minimum atomic E-state index is -0.240. The molecule has 2 N–H and O–H groups in total. The Bertz CT molecular complexity index is 1080. The van der Waals surface area contributed by atoms with Gasteiger partial charge < -0.3 is 15.4 Å². The monoisotopic (exact) mass is 455 g/mol. The lowest BCUT2D eigenvalue weighted by Gasteiger charge is -2.13. The molecule has 0 bridgehead atoms. The second-order valence-electron chi connectivity index (χ2n) is 7.24. The van der Waals surface area contributed by atoms with E-state index in [9.17, 15) is 9.59 Å². The summed E-state index contributed by atoms with van der Waals surface area (Å²) in [5, 5.41) is 8.96. The molecule has 4 rings (SSSR count). The third-order valence-corrected chi connectivity index (χ3v) is 6.21. The van der Waals surface area contributed by atoms with Gasteiger partial charge >= 0.3 is 0 Å². The Morgan fingerprint density at radius 3 is 2.77 bits per heavy atom. The van der Waals surface area contributed by atoms with Crippen LogP contribution in [0.15, 0.2) is 53.9 Å². The highest BCUT2D eigenvalue weighted by atomic mass is 35.5. The maximum absolute atomic E-state index is 12.6. The van der Waals surface area contributed by atoms with Crippen molar-refractivity contribution in [1.82, 2.24) is 10.3 Å². The van der Waals surface area contributed by atoms with E-state index in [-0.39, 0.29) is 24.3 Å². The molecular weight excluding hydrogens is 434 g/mol. The molecule has 0 saturated carbocycles. The van der Waals surface area contributed by atoms with Crippen molar-refractivity contribution < 1.29 is 14.3 Å². The van der Waals surface area contributed by atoms with E-state index in [0.29, 0.717) is 28.5 Å². The summed E-state index contributed by atoms with van der Waals surface area (Å²) >= 11 is 7.68. The molecule has 0 radical (unpaired) electrons. The van der Waals surface area contributed by atoms with Crippen LogP contribution in [0.4, 0.5) is 5.69 Å². The van der Waals surface area contributed by atoms with Crippen molar-refractivity contribution in [3.05, 3.63) is 70.2 Å². The first kappa shape index (κ1) is 21.5. The Balaban J connectivity index is 1.39. The normalized spacial score (nSPS) is 15.6. The van der Waals surface area contributed by atoms with Crippen molar-refractivity contribution in [2.24, 2.45) is 0 Å². The van der Waals surface area contributed by atoms with Crippen molar-refractivity contribution in [2.75, 3.05) is 18.5 Å². The van der Waals surface area contributed by atoms with E-state index in [1.165, 1.54) is 11.3 Å². The summed E-state index contributed by atoms with van der Waals surface area (Å²) < 4.78 is 5.54.